The Kier molecular flexibility index (Phi) is 10.5. The van der Waals surface area contributed by atoms with Crippen molar-refractivity contribution < 1.29 is 50.9 Å². The number of alkyl halides is 6. The van der Waals surface area contributed by atoms with Gasteiger partial charge in [-0.3, -0.25) is 14.6 Å². The summed E-state index contributed by atoms with van der Waals surface area (Å²) in [6, 6.07) is 0. The molecule has 200 valence electrons. The van der Waals surface area contributed by atoms with Crippen molar-refractivity contribution >= 4 is 29.2 Å². The molecule has 0 aromatic carbocycles. The van der Waals surface area contributed by atoms with Crippen molar-refractivity contribution in [2.24, 2.45) is 0 Å². The van der Waals surface area contributed by atoms with E-state index in [1.54, 1.807) is 11.3 Å². The summed E-state index contributed by atoms with van der Waals surface area (Å²) >= 11 is 1.71. The van der Waals surface area contributed by atoms with Crippen LogP contribution in [0.5, 0.6) is 0 Å². The Morgan fingerprint density at radius 2 is 1.46 bits per heavy atom. The topological polar surface area (TPSA) is 114 Å². The predicted octanol–water partition coefficient (Wildman–Crippen LogP) is 2.46. The number of piperidine rings is 1. The van der Waals surface area contributed by atoms with Crippen LogP contribution in [0.4, 0.5) is 26.3 Å². The molecule has 0 aliphatic carbocycles. The summed E-state index contributed by atoms with van der Waals surface area (Å²) in [6.07, 6.45) is -8.31. The highest BCUT2D eigenvalue weighted by atomic mass is 32.1. The lowest BCUT2D eigenvalue weighted by molar-refractivity contribution is -0.193. The Bertz CT molecular complexity index is 860. The Balaban J connectivity index is 0.000000362. The molecule has 1 amide bonds. The van der Waals surface area contributed by atoms with Crippen LogP contribution in [0.25, 0.3) is 0 Å². The number of carbonyl (C=O) groups excluding carboxylic acids is 1. The lowest BCUT2D eigenvalue weighted by Crippen LogP contribution is -2.66. The first-order valence-corrected chi connectivity index (χ1v) is 11.0. The average Bonchev–Trinajstić information content (AvgIpc) is 3.15. The Hall–Kier alpha value is -2.46. The molecule has 2 saturated heterocycles. The molecule has 16 heteroatoms. The van der Waals surface area contributed by atoms with Gasteiger partial charge in [-0.2, -0.15) is 26.3 Å². The summed E-state index contributed by atoms with van der Waals surface area (Å²) in [7, 11) is 4.03. The number of piperazine rings is 1. The van der Waals surface area contributed by atoms with Gasteiger partial charge in [0, 0.05) is 45.2 Å². The molecule has 0 radical (unpaired) electrons. The van der Waals surface area contributed by atoms with Crippen LogP contribution in [-0.2, 0) is 20.9 Å². The number of nitrogens with zero attached hydrogens (tertiary/aromatic N) is 4. The van der Waals surface area contributed by atoms with Crippen LogP contribution in [0.3, 0.4) is 0 Å². The Labute approximate surface area is 200 Å². The maximum absolute atomic E-state index is 12.6. The van der Waals surface area contributed by atoms with E-state index in [9.17, 15) is 31.1 Å². The van der Waals surface area contributed by atoms with Gasteiger partial charge in [-0.15, -0.1) is 11.3 Å². The number of thiazole rings is 1. The number of aryl methyl sites for hydroxylation is 1. The molecule has 3 rings (SSSR count). The third kappa shape index (κ3) is 8.92. The van der Waals surface area contributed by atoms with Gasteiger partial charge in [0.2, 0.25) is 5.91 Å². The molecule has 35 heavy (non-hydrogen) atoms. The van der Waals surface area contributed by atoms with Gasteiger partial charge in [0.1, 0.15) is 5.54 Å². The maximum Gasteiger partial charge on any atom is 0.490 e. The fourth-order valence-electron chi connectivity index (χ4n) is 3.52. The van der Waals surface area contributed by atoms with Crippen LogP contribution < -0.4 is 0 Å². The molecule has 1 spiro atoms. The highest BCUT2D eigenvalue weighted by molar-refractivity contribution is 7.09. The second-order valence-electron chi connectivity index (χ2n) is 7.92. The van der Waals surface area contributed by atoms with Crippen molar-refractivity contribution in [2.75, 3.05) is 40.3 Å². The van der Waals surface area contributed by atoms with E-state index in [1.807, 2.05) is 18.9 Å². The number of carboxylic acid groups (broad SMARTS) is 2. The molecule has 0 atom stereocenters. The van der Waals surface area contributed by atoms with Gasteiger partial charge in [-0.25, -0.2) is 14.6 Å². The van der Waals surface area contributed by atoms with E-state index in [0.29, 0.717) is 5.91 Å². The van der Waals surface area contributed by atoms with Crippen LogP contribution in [0.15, 0.2) is 5.38 Å². The largest absolute Gasteiger partial charge is 0.490 e. The smallest absolute Gasteiger partial charge is 0.475 e. The molecule has 1 aromatic rings. The van der Waals surface area contributed by atoms with Gasteiger partial charge >= 0.3 is 24.3 Å². The fourth-order valence-corrected chi connectivity index (χ4v) is 4.12. The van der Waals surface area contributed by atoms with Crippen LogP contribution in [0.1, 0.15) is 23.5 Å². The number of carboxylic acids is 2. The minimum absolute atomic E-state index is 0.262. The number of aliphatic carboxylic acids is 2. The molecule has 1 aromatic heterocycles. The monoisotopic (exact) mass is 536 g/mol. The molecule has 0 unspecified atom stereocenters. The maximum atomic E-state index is 12.6. The van der Waals surface area contributed by atoms with Crippen LogP contribution in [-0.4, -0.2) is 106 Å². The first-order chi connectivity index (χ1) is 15.9. The molecule has 0 saturated carbocycles. The lowest BCUT2D eigenvalue weighted by atomic mass is 9.83. The molecular weight excluding hydrogens is 510 g/mol. The molecule has 3 heterocycles. The first-order valence-electron chi connectivity index (χ1n) is 10.1. The van der Waals surface area contributed by atoms with E-state index in [4.69, 9.17) is 19.8 Å². The highest BCUT2D eigenvalue weighted by Crippen LogP contribution is 2.32. The predicted molar refractivity (Wildman–Crippen MR) is 112 cm³/mol. The summed E-state index contributed by atoms with van der Waals surface area (Å²) in [4.78, 5) is 41.6. The fraction of sp³-hybridized carbons (Fsp3) is 0.684. The van der Waals surface area contributed by atoms with Gasteiger partial charge in [0.15, 0.2) is 0 Å². The zero-order valence-electron chi connectivity index (χ0n) is 19.1. The quantitative estimate of drug-likeness (QED) is 0.555. The number of rotatable bonds is 2. The minimum atomic E-state index is -5.08. The van der Waals surface area contributed by atoms with Crippen LogP contribution >= 0.6 is 11.3 Å². The normalized spacial score (nSPS) is 18.9. The van der Waals surface area contributed by atoms with Gasteiger partial charge in [-0.1, -0.05) is 0 Å². The van der Waals surface area contributed by atoms with Crippen molar-refractivity contribution in [1.29, 1.82) is 0 Å². The zero-order chi connectivity index (χ0) is 27.2. The summed E-state index contributed by atoms with van der Waals surface area (Å²) in [5.74, 6) is -5.21. The van der Waals surface area contributed by atoms with Crippen molar-refractivity contribution in [3.05, 3.63) is 16.1 Å². The summed E-state index contributed by atoms with van der Waals surface area (Å²) in [6.45, 7) is 6.73. The van der Waals surface area contributed by atoms with E-state index < -0.39 is 24.3 Å². The SMILES string of the molecule is Cc1nc(CN2CCC3(CC2)C(=O)N(C)CCN3C)cs1.O=C(O)C(F)(F)F.O=C(O)C(F)(F)F. The van der Waals surface area contributed by atoms with Crippen molar-refractivity contribution in [3.63, 3.8) is 0 Å². The number of hydrogen-bond acceptors (Lipinski definition) is 7. The van der Waals surface area contributed by atoms with Crippen molar-refractivity contribution in [3.8, 4) is 0 Å². The van der Waals surface area contributed by atoms with Gasteiger partial charge in [0.25, 0.3) is 0 Å². The molecule has 0 bridgehead atoms. The van der Waals surface area contributed by atoms with Crippen LogP contribution in [0.2, 0.25) is 0 Å². The van der Waals surface area contributed by atoms with Crippen LogP contribution in [0, 0.1) is 6.92 Å². The standard InChI is InChI=1S/C15H24N4OS.2C2HF3O2/c1-12-16-13(11-21-12)10-19-6-4-15(5-7-19)14(20)17(2)8-9-18(15)3;2*3-2(4,5)1(6)7/h11H,4-10H2,1-3H3;2*(H,6,7). The molecule has 2 N–H and O–H groups in total. The molecule has 2 fully saturated rings. The first kappa shape index (κ1) is 30.6. The number of likely N-dealkylation sites (tertiary alicyclic amines) is 1. The van der Waals surface area contributed by atoms with E-state index in [0.717, 1.165) is 56.3 Å². The number of likely N-dealkylation sites (N-methyl/N-ethyl adjacent to an activating group) is 2. The van der Waals surface area contributed by atoms with Crippen molar-refractivity contribution in [1.82, 2.24) is 19.7 Å². The molecular formula is C19H26F6N4O5S. The Morgan fingerprint density at radius 3 is 1.83 bits per heavy atom. The summed E-state index contributed by atoms with van der Waals surface area (Å²) < 4.78 is 63.5. The number of aromatic nitrogens is 1. The second kappa shape index (κ2) is 12.0. The average molecular weight is 536 g/mol. The number of amides is 1. The molecule has 2 aliphatic heterocycles. The third-order valence-corrected chi connectivity index (χ3v) is 6.29. The third-order valence-electron chi connectivity index (χ3n) is 5.47. The number of carbonyl (C=O) groups is 3. The van der Waals surface area contributed by atoms with Gasteiger partial charge in [0.05, 0.1) is 10.7 Å². The van der Waals surface area contributed by atoms with Crippen molar-refractivity contribution in [2.45, 2.75) is 44.2 Å². The van der Waals surface area contributed by atoms with E-state index in [-0.39, 0.29) is 5.54 Å². The molecule has 2 aliphatic rings. The summed E-state index contributed by atoms with van der Waals surface area (Å²) in [5, 5.41) is 17.5. The van der Waals surface area contributed by atoms with E-state index in [2.05, 4.69) is 27.2 Å². The zero-order valence-corrected chi connectivity index (χ0v) is 19.9. The van der Waals surface area contributed by atoms with E-state index >= 15 is 0 Å². The van der Waals surface area contributed by atoms with Gasteiger partial charge < -0.3 is 15.1 Å². The minimum Gasteiger partial charge on any atom is -0.475 e. The lowest BCUT2D eigenvalue weighted by Gasteiger charge is -2.50. The second-order valence-corrected chi connectivity index (χ2v) is 8.98. The number of hydrogen-bond donors (Lipinski definition) is 2. The number of halogens is 6. The summed E-state index contributed by atoms with van der Waals surface area (Å²) in [5.41, 5.74) is 0.899. The van der Waals surface area contributed by atoms with E-state index in [1.165, 1.54) is 0 Å². The van der Waals surface area contributed by atoms with Gasteiger partial charge in [-0.05, 0) is 26.8 Å². The Morgan fingerprint density at radius 1 is 1.00 bits per heavy atom. The highest BCUT2D eigenvalue weighted by Gasteiger charge is 2.48. The molecule has 9 nitrogen and oxygen atoms in total.